The van der Waals surface area contributed by atoms with Crippen molar-refractivity contribution in [3.8, 4) is 5.75 Å². The lowest BCUT2D eigenvalue weighted by molar-refractivity contribution is -0.141. The molecule has 0 radical (unpaired) electrons. The number of benzene rings is 2. The Kier molecular flexibility index (Phi) is 10.0. The van der Waals surface area contributed by atoms with E-state index in [1.54, 1.807) is 36.4 Å². The smallest absolute Gasteiger partial charge is 0.327 e. The van der Waals surface area contributed by atoms with E-state index in [1.165, 1.54) is 33.7 Å². The number of rotatable bonds is 7. The lowest BCUT2D eigenvalue weighted by atomic mass is 10.0. The second-order valence-corrected chi connectivity index (χ2v) is 10.8. The lowest BCUT2D eigenvalue weighted by Gasteiger charge is -2.24. The monoisotopic (exact) mass is 532 g/mol. The van der Waals surface area contributed by atoms with Gasteiger partial charge in [0.1, 0.15) is 23.9 Å². The Morgan fingerprint density at radius 2 is 1.64 bits per heavy atom. The number of hydrogen-bond acceptors (Lipinski definition) is 8. The molecule has 1 saturated heterocycles. The third kappa shape index (κ3) is 8.18. The molecule has 4 atom stereocenters. The van der Waals surface area contributed by atoms with Crippen LogP contribution in [0.1, 0.15) is 11.1 Å². The van der Waals surface area contributed by atoms with Gasteiger partial charge in [-0.3, -0.25) is 14.4 Å². The molecule has 1 fully saturated rings. The molecule has 0 spiro atoms. The van der Waals surface area contributed by atoms with E-state index >= 15 is 0 Å². The second kappa shape index (κ2) is 13.2. The van der Waals surface area contributed by atoms with Crippen LogP contribution in [0, 0.1) is 0 Å². The molecule has 10 nitrogen and oxygen atoms in total. The van der Waals surface area contributed by atoms with Crippen molar-refractivity contribution in [3.05, 3.63) is 65.7 Å². The van der Waals surface area contributed by atoms with Gasteiger partial charge in [0.25, 0.3) is 0 Å². The van der Waals surface area contributed by atoms with Crippen molar-refractivity contribution in [2.45, 2.75) is 37.0 Å². The molecule has 1 aliphatic heterocycles. The van der Waals surface area contributed by atoms with Gasteiger partial charge in [-0.25, -0.2) is 4.79 Å². The highest BCUT2D eigenvalue weighted by Crippen LogP contribution is 2.24. The predicted molar refractivity (Wildman–Crippen MR) is 138 cm³/mol. The van der Waals surface area contributed by atoms with Crippen molar-refractivity contribution >= 4 is 45.3 Å². The van der Waals surface area contributed by atoms with Crippen molar-refractivity contribution in [1.29, 1.82) is 0 Å². The number of carboxylic acid groups (broad SMARTS) is 1. The topological polar surface area (TPSA) is 171 Å². The average Bonchev–Trinajstić information content (AvgIpc) is 2.87. The molecule has 2 aromatic carbocycles. The Labute approximate surface area is 216 Å². The number of carboxylic acids is 1. The highest BCUT2D eigenvalue weighted by atomic mass is 33.1. The van der Waals surface area contributed by atoms with Crippen LogP contribution in [0.5, 0.6) is 5.75 Å². The highest BCUT2D eigenvalue weighted by Gasteiger charge is 2.32. The van der Waals surface area contributed by atoms with Gasteiger partial charge in [0, 0.05) is 17.9 Å². The van der Waals surface area contributed by atoms with Crippen LogP contribution in [0.25, 0.3) is 0 Å². The summed E-state index contributed by atoms with van der Waals surface area (Å²) in [7, 11) is 2.40. The van der Waals surface area contributed by atoms with Crippen molar-refractivity contribution in [3.63, 3.8) is 0 Å². The molecule has 3 rings (SSSR count). The van der Waals surface area contributed by atoms with Gasteiger partial charge in [-0.15, -0.1) is 0 Å². The quantitative estimate of drug-likeness (QED) is 0.277. The predicted octanol–water partition coefficient (Wildman–Crippen LogP) is 0.439. The molecule has 3 amide bonds. The molecule has 7 N–H and O–H groups in total. The number of amides is 3. The summed E-state index contributed by atoms with van der Waals surface area (Å²) < 4.78 is 0. The Balaban J connectivity index is 1.74. The van der Waals surface area contributed by atoms with Crippen LogP contribution in [-0.2, 0) is 32.0 Å². The first-order chi connectivity index (χ1) is 17.2. The average molecular weight is 533 g/mol. The van der Waals surface area contributed by atoms with Gasteiger partial charge in [-0.2, -0.15) is 0 Å². The van der Waals surface area contributed by atoms with Crippen LogP contribution >= 0.6 is 21.6 Å². The molecule has 192 valence electrons. The van der Waals surface area contributed by atoms with Crippen molar-refractivity contribution < 1.29 is 29.4 Å². The zero-order valence-corrected chi connectivity index (χ0v) is 20.9. The van der Waals surface area contributed by atoms with Gasteiger partial charge < -0.3 is 31.9 Å². The van der Waals surface area contributed by atoms with Crippen molar-refractivity contribution in [2.24, 2.45) is 5.73 Å². The maximum absolute atomic E-state index is 13.1. The van der Waals surface area contributed by atoms with Gasteiger partial charge in [0.15, 0.2) is 0 Å². The fourth-order valence-corrected chi connectivity index (χ4v) is 5.77. The largest absolute Gasteiger partial charge is 0.508 e. The minimum atomic E-state index is -1.18. The first-order valence-electron chi connectivity index (χ1n) is 11.2. The fourth-order valence-electron chi connectivity index (χ4n) is 3.45. The van der Waals surface area contributed by atoms with Gasteiger partial charge in [-0.05, 0) is 29.7 Å². The van der Waals surface area contributed by atoms with Gasteiger partial charge in [0.05, 0.1) is 6.04 Å². The molecule has 1 heterocycles. The van der Waals surface area contributed by atoms with Crippen LogP contribution in [-0.4, -0.2) is 69.6 Å². The number of aromatic hydroxyl groups is 1. The molecule has 0 aromatic heterocycles. The van der Waals surface area contributed by atoms with Gasteiger partial charge in [0.2, 0.25) is 17.7 Å². The lowest BCUT2D eigenvalue weighted by Crippen LogP contribution is -2.58. The summed E-state index contributed by atoms with van der Waals surface area (Å²) in [6.07, 6.45) is 0.341. The Bertz CT molecular complexity index is 1070. The number of aliphatic carboxylic acids is 1. The zero-order valence-electron chi connectivity index (χ0n) is 19.3. The first-order valence-corrected chi connectivity index (χ1v) is 13.7. The molecule has 12 heteroatoms. The number of hydrogen-bond donors (Lipinski definition) is 6. The van der Waals surface area contributed by atoms with E-state index in [0.29, 0.717) is 0 Å². The Hall–Kier alpha value is -3.22. The minimum Gasteiger partial charge on any atom is -0.508 e. The third-order valence-electron chi connectivity index (χ3n) is 5.44. The molecule has 0 saturated carbocycles. The normalized spacial score (nSPS) is 21.9. The van der Waals surface area contributed by atoms with Crippen LogP contribution in [0.2, 0.25) is 0 Å². The number of carbonyl (C=O) groups is 4. The van der Waals surface area contributed by atoms with E-state index in [9.17, 15) is 29.4 Å². The van der Waals surface area contributed by atoms with E-state index < -0.39 is 47.9 Å². The third-order valence-corrected chi connectivity index (χ3v) is 7.87. The summed E-state index contributed by atoms with van der Waals surface area (Å²) in [6.45, 7) is 0. The van der Waals surface area contributed by atoms with Crippen LogP contribution in [0.3, 0.4) is 0 Å². The molecule has 2 aromatic rings. The van der Waals surface area contributed by atoms with E-state index in [0.717, 1.165) is 11.1 Å². The summed E-state index contributed by atoms with van der Waals surface area (Å²) in [6, 6.07) is 11.2. The molecule has 0 aliphatic carbocycles. The molecule has 1 unspecified atom stereocenters. The molecular weight excluding hydrogens is 504 g/mol. The van der Waals surface area contributed by atoms with Gasteiger partial charge >= 0.3 is 5.97 Å². The van der Waals surface area contributed by atoms with Crippen molar-refractivity contribution in [2.75, 3.05) is 11.5 Å². The summed E-state index contributed by atoms with van der Waals surface area (Å²) in [5.41, 5.74) is 7.58. The standard InChI is InChI=1S/C24H28N4O6S2/c25-17(10-15-6-8-16(29)9-7-15)21(30)27-19-12-35-36-13-20(24(33)34)28-22(31)18(26-23(19)32)11-14-4-2-1-3-5-14/h1-9,17-20,29H,10-13,25H2,(H,26,32)(H,27,30)(H,28,31)(H,33,34)/t17-,18-,19?,20-/m0/s1. The zero-order chi connectivity index (χ0) is 26.1. The maximum atomic E-state index is 13.1. The van der Waals surface area contributed by atoms with E-state index in [-0.39, 0.29) is 30.1 Å². The minimum absolute atomic E-state index is 0.0824. The van der Waals surface area contributed by atoms with E-state index in [1.807, 2.05) is 6.07 Å². The van der Waals surface area contributed by atoms with Gasteiger partial charge in [-0.1, -0.05) is 64.1 Å². The van der Waals surface area contributed by atoms with E-state index in [4.69, 9.17) is 5.73 Å². The summed E-state index contributed by atoms with van der Waals surface area (Å²) >= 11 is 0. The number of nitrogens with one attached hydrogen (secondary N) is 3. The molecule has 0 bridgehead atoms. The SMILES string of the molecule is N[C@@H](Cc1ccc(O)cc1)C(=O)NC1CSSC[C@@H](C(=O)O)NC(=O)[C@H](Cc2ccccc2)NC1=O. The second-order valence-electron chi connectivity index (χ2n) is 8.26. The first kappa shape index (κ1) is 27.4. The van der Waals surface area contributed by atoms with Crippen LogP contribution in [0.4, 0.5) is 0 Å². The Morgan fingerprint density at radius 3 is 2.31 bits per heavy atom. The number of phenols is 1. The number of nitrogens with two attached hydrogens (primary N) is 1. The molecule has 36 heavy (non-hydrogen) atoms. The Morgan fingerprint density at radius 1 is 0.972 bits per heavy atom. The number of phenolic OH excluding ortho intramolecular Hbond substituents is 1. The van der Waals surface area contributed by atoms with Crippen LogP contribution in [0.15, 0.2) is 54.6 Å². The van der Waals surface area contributed by atoms with Crippen molar-refractivity contribution in [1.82, 2.24) is 16.0 Å². The summed E-state index contributed by atoms with van der Waals surface area (Å²) in [4.78, 5) is 50.5. The summed E-state index contributed by atoms with van der Waals surface area (Å²) in [5, 5.41) is 26.7. The summed E-state index contributed by atoms with van der Waals surface area (Å²) in [5.74, 6) is -2.59. The van der Waals surface area contributed by atoms with E-state index in [2.05, 4.69) is 16.0 Å². The molecule has 1 aliphatic rings. The maximum Gasteiger partial charge on any atom is 0.327 e. The number of carbonyl (C=O) groups excluding carboxylic acids is 3. The molecular formula is C24H28N4O6S2. The highest BCUT2D eigenvalue weighted by molar-refractivity contribution is 8.76. The van der Waals surface area contributed by atoms with Crippen LogP contribution < -0.4 is 21.7 Å². The fraction of sp³-hybridized carbons (Fsp3) is 0.333.